The molecule has 1 N–H and O–H groups in total. The number of rotatable bonds is 5. The summed E-state index contributed by atoms with van der Waals surface area (Å²) in [5.74, 6) is -0.532. The maximum absolute atomic E-state index is 13.6. The van der Waals surface area contributed by atoms with Crippen molar-refractivity contribution in [1.82, 2.24) is 4.98 Å². The minimum Gasteiger partial charge on any atom is -0.455 e. The fourth-order valence-corrected chi connectivity index (χ4v) is 4.27. The number of anilines is 1. The minimum absolute atomic E-state index is 0.00174. The number of ether oxygens (including phenoxy) is 1. The number of aromatic nitrogens is 1. The van der Waals surface area contributed by atoms with Crippen molar-refractivity contribution in [2.75, 3.05) is 4.72 Å². The van der Waals surface area contributed by atoms with Crippen molar-refractivity contribution in [1.29, 1.82) is 0 Å². The molecule has 5 nitrogen and oxygen atoms in total. The van der Waals surface area contributed by atoms with E-state index in [4.69, 9.17) is 27.9 Å². The standard InChI is InChI=1S/C19H13Cl2F3N2O3S/c1-11-6-12(20)2-5-18(11)30(27,28)26-14-3-4-17(16(8-14)19(22,23)24)29-15-7-13(21)9-25-10-15/h2-10,26H,1H3. The monoisotopic (exact) mass is 476 g/mol. The molecule has 0 aliphatic heterocycles. The van der Waals surface area contributed by atoms with Gasteiger partial charge in [-0.3, -0.25) is 9.71 Å². The van der Waals surface area contributed by atoms with E-state index in [1.165, 1.54) is 43.6 Å². The van der Waals surface area contributed by atoms with Crippen LogP contribution in [0, 0.1) is 6.92 Å². The Morgan fingerprint density at radius 1 is 1.00 bits per heavy atom. The molecule has 0 amide bonds. The van der Waals surface area contributed by atoms with Crippen LogP contribution in [0.2, 0.25) is 10.0 Å². The van der Waals surface area contributed by atoms with E-state index >= 15 is 0 Å². The van der Waals surface area contributed by atoms with E-state index in [9.17, 15) is 21.6 Å². The summed E-state index contributed by atoms with van der Waals surface area (Å²) in [6.07, 6.45) is -2.30. The fourth-order valence-electron chi connectivity index (χ4n) is 2.60. The Morgan fingerprint density at radius 2 is 1.73 bits per heavy atom. The average Bonchev–Trinajstić information content (AvgIpc) is 2.61. The number of nitrogens with zero attached hydrogens (tertiary/aromatic N) is 1. The lowest BCUT2D eigenvalue weighted by atomic mass is 10.1. The molecule has 158 valence electrons. The maximum atomic E-state index is 13.6. The van der Waals surface area contributed by atoms with Gasteiger partial charge < -0.3 is 4.74 Å². The average molecular weight is 477 g/mol. The summed E-state index contributed by atoms with van der Waals surface area (Å²) in [5, 5.41) is 0.520. The molecule has 30 heavy (non-hydrogen) atoms. The number of pyridine rings is 1. The predicted molar refractivity (Wildman–Crippen MR) is 108 cm³/mol. The van der Waals surface area contributed by atoms with Gasteiger partial charge in [0.2, 0.25) is 0 Å². The van der Waals surface area contributed by atoms with E-state index in [0.29, 0.717) is 16.7 Å². The molecule has 11 heteroatoms. The molecule has 0 spiro atoms. The van der Waals surface area contributed by atoms with Crippen LogP contribution in [0.4, 0.5) is 18.9 Å². The lowest BCUT2D eigenvalue weighted by molar-refractivity contribution is -0.138. The molecule has 0 radical (unpaired) electrons. The highest BCUT2D eigenvalue weighted by Crippen LogP contribution is 2.40. The van der Waals surface area contributed by atoms with Crippen LogP contribution in [0.3, 0.4) is 0 Å². The van der Waals surface area contributed by atoms with E-state index in [2.05, 4.69) is 9.71 Å². The number of sulfonamides is 1. The SMILES string of the molecule is Cc1cc(Cl)ccc1S(=O)(=O)Nc1ccc(Oc2cncc(Cl)c2)c(C(F)(F)F)c1. The van der Waals surface area contributed by atoms with Crippen LogP contribution in [0.25, 0.3) is 0 Å². The highest BCUT2D eigenvalue weighted by Gasteiger charge is 2.35. The first-order chi connectivity index (χ1) is 14.0. The van der Waals surface area contributed by atoms with Crippen LogP contribution < -0.4 is 9.46 Å². The Labute approximate surface area is 180 Å². The van der Waals surface area contributed by atoms with Gasteiger partial charge in [-0.05, 0) is 48.9 Å². The van der Waals surface area contributed by atoms with Crippen molar-refractivity contribution in [2.24, 2.45) is 0 Å². The van der Waals surface area contributed by atoms with Gasteiger partial charge in [-0.2, -0.15) is 13.2 Å². The Hall–Kier alpha value is -2.49. The first-order valence-electron chi connectivity index (χ1n) is 8.24. The smallest absolute Gasteiger partial charge is 0.420 e. The van der Waals surface area contributed by atoms with Crippen LogP contribution in [-0.4, -0.2) is 13.4 Å². The Bertz CT molecular complexity index is 1200. The summed E-state index contributed by atoms with van der Waals surface area (Å²) >= 11 is 11.6. The predicted octanol–water partition coefficient (Wildman–Crippen LogP) is 6.31. The largest absolute Gasteiger partial charge is 0.455 e. The van der Waals surface area contributed by atoms with Gasteiger partial charge in [-0.15, -0.1) is 0 Å². The van der Waals surface area contributed by atoms with Crippen molar-refractivity contribution in [3.05, 3.63) is 76.0 Å². The van der Waals surface area contributed by atoms with Crippen molar-refractivity contribution in [3.63, 3.8) is 0 Å². The summed E-state index contributed by atoms with van der Waals surface area (Å²) in [5.41, 5.74) is -1.11. The van der Waals surface area contributed by atoms with Crippen LogP contribution in [0.5, 0.6) is 11.5 Å². The molecule has 1 heterocycles. The molecule has 0 aliphatic rings. The summed E-state index contributed by atoms with van der Waals surface area (Å²) in [4.78, 5) is 3.64. The van der Waals surface area contributed by atoms with Crippen LogP contribution in [0.1, 0.15) is 11.1 Å². The topological polar surface area (TPSA) is 68.3 Å². The number of alkyl halides is 3. The van der Waals surface area contributed by atoms with Crippen LogP contribution >= 0.6 is 23.2 Å². The molecule has 2 aromatic carbocycles. The lowest BCUT2D eigenvalue weighted by Gasteiger charge is -2.16. The molecule has 0 atom stereocenters. The second kappa shape index (κ2) is 8.33. The molecular formula is C19H13Cl2F3N2O3S. The third kappa shape index (κ3) is 5.16. The Balaban J connectivity index is 1.97. The Morgan fingerprint density at radius 3 is 2.37 bits per heavy atom. The molecule has 0 saturated carbocycles. The molecule has 0 unspecified atom stereocenters. The van der Waals surface area contributed by atoms with Gasteiger partial charge in [-0.25, -0.2) is 8.42 Å². The van der Waals surface area contributed by atoms with E-state index in [1.54, 1.807) is 0 Å². The number of hydrogen-bond acceptors (Lipinski definition) is 4. The zero-order valence-corrected chi connectivity index (χ0v) is 17.5. The molecule has 0 saturated heterocycles. The molecule has 1 aromatic heterocycles. The molecule has 0 bridgehead atoms. The third-order valence-electron chi connectivity index (χ3n) is 3.87. The molecule has 3 rings (SSSR count). The number of aryl methyl sites for hydroxylation is 1. The zero-order valence-electron chi connectivity index (χ0n) is 15.2. The van der Waals surface area contributed by atoms with E-state index in [-0.39, 0.29) is 21.4 Å². The van der Waals surface area contributed by atoms with Crippen LogP contribution in [-0.2, 0) is 16.2 Å². The summed E-state index contributed by atoms with van der Waals surface area (Å²) < 4.78 is 73.3. The van der Waals surface area contributed by atoms with Gasteiger partial charge in [0.15, 0.2) is 0 Å². The van der Waals surface area contributed by atoms with E-state index < -0.39 is 27.5 Å². The number of nitrogens with one attached hydrogen (secondary N) is 1. The van der Waals surface area contributed by atoms with Gasteiger partial charge in [-0.1, -0.05) is 23.2 Å². The van der Waals surface area contributed by atoms with Gasteiger partial charge >= 0.3 is 6.18 Å². The summed E-state index contributed by atoms with van der Waals surface area (Å²) in [6, 6.07) is 8.20. The van der Waals surface area contributed by atoms with E-state index in [0.717, 1.165) is 12.1 Å². The fraction of sp³-hybridized carbons (Fsp3) is 0.105. The van der Waals surface area contributed by atoms with Gasteiger partial charge in [0.05, 0.1) is 16.1 Å². The Kier molecular flexibility index (Phi) is 6.16. The number of benzene rings is 2. The summed E-state index contributed by atoms with van der Waals surface area (Å²) in [7, 11) is -4.14. The minimum atomic E-state index is -4.81. The quantitative estimate of drug-likeness (QED) is 0.468. The van der Waals surface area contributed by atoms with Crippen molar-refractivity contribution < 1.29 is 26.3 Å². The van der Waals surface area contributed by atoms with Crippen molar-refractivity contribution in [3.8, 4) is 11.5 Å². The second-order valence-corrected chi connectivity index (χ2v) is 8.69. The van der Waals surface area contributed by atoms with E-state index in [1.807, 2.05) is 0 Å². The number of hydrogen-bond donors (Lipinski definition) is 1. The molecule has 3 aromatic rings. The first kappa shape index (κ1) is 22.2. The van der Waals surface area contributed by atoms with Gasteiger partial charge in [0.1, 0.15) is 17.1 Å². The lowest BCUT2D eigenvalue weighted by Crippen LogP contribution is -2.15. The second-order valence-electron chi connectivity index (χ2n) is 6.16. The molecule has 0 aliphatic carbocycles. The summed E-state index contributed by atoms with van der Waals surface area (Å²) in [6.45, 7) is 1.53. The van der Waals surface area contributed by atoms with Gasteiger partial charge in [0, 0.05) is 23.0 Å². The van der Waals surface area contributed by atoms with Gasteiger partial charge in [0.25, 0.3) is 10.0 Å². The normalized spacial score (nSPS) is 11.9. The first-order valence-corrected chi connectivity index (χ1v) is 10.5. The van der Waals surface area contributed by atoms with Crippen LogP contribution in [0.15, 0.2) is 59.8 Å². The highest BCUT2D eigenvalue weighted by molar-refractivity contribution is 7.92. The van der Waals surface area contributed by atoms with Crippen molar-refractivity contribution in [2.45, 2.75) is 18.0 Å². The molecular weight excluding hydrogens is 464 g/mol. The molecule has 0 fully saturated rings. The number of halogens is 5. The zero-order chi connectivity index (χ0) is 22.1. The van der Waals surface area contributed by atoms with Crippen molar-refractivity contribution >= 4 is 38.9 Å². The highest BCUT2D eigenvalue weighted by atomic mass is 35.5. The third-order valence-corrected chi connectivity index (χ3v) is 5.85. The maximum Gasteiger partial charge on any atom is 0.420 e.